The number of carbonyl (C=O) groups is 2. The molecule has 1 aromatic rings. The van der Waals surface area contributed by atoms with Gasteiger partial charge in [-0.25, -0.2) is 0 Å². The second kappa shape index (κ2) is 5.72. The lowest BCUT2D eigenvalue weighted by molar-refractivity contribution is -0.139. The quantitative estimate of drug-likeness (QED) is 0.925. The summed E-state index contributed by atoms with van der Waals surface area (Å²) in [5.74, 6) is -0.849. The maximum atomic E-state index is 12.5. The molecule has 1 aliphatic heterocycles. The molecule has 1 aliphatic carbocycles. The fourth-order valence-electron chi connectivity index (χ4n) is 3.50. The maximum absolute atomic E-state index is 12.5. The summed E-state index contributed by atoms with van der Waals surface area (Å²) in [5.41, 5.74) is 1.69. The van der Waals surface area contributed by atoms with Crippen LogP contribution < -0.4 is 0 Å². The van der Waals surface area contributed by atoms with Crippen LogP contribution >= 0.6 is 0 Å². The number of amides is 1. The average Bonchev–Trinajstić information content (AvgIpc) is 3.23. The van der Waals surface area contributed by atoms with E-state index in [0.717, 1.165) is 24.8 Å². The lowest BCUT2D eigenvalue weighted by atomic mass is 9.90. The largest absolute Gasteiger partial charge is 0.481 e. The highest BCUT2D eigenvalue weighted by molar-refractivity contribution is 5.94. The van der Waals surface area contributed by atoms with E-state index in [1.807, 2.05) is 29.2 Å². The van der Waals surface area contributed by atoms with Crippen LogP contribution in [0.4, 0.5) is 0 Å². The van der Waals surface area contributed by atoms with Gasteiger partial charge >= 0.3 is 5.97 Å². The SMILES string of the molecule is COCc1ccc(C(=O)N2CCC3(CC2)CC3C(=O)O)cc1. The summed E-state index contributed by atoms with van der Waals surface area (Å²) >= 11 is 0. The normalized spacial score (nSPS) is 22.6. The Bertz CT molecular complexity index is 573. The highest BCUT2D eigenvalue weighted by atomic mass is 16.5. The van der Waals surface area contributed by atoms with Crippen LogP contribution in [0, 0.1) is 11.3 Å². The van der Waals surface area contributed by atoms with Gasteiger partial charge in [0.2, 0.25) is 0 Å². The number of carboxylic acid groups (broad SMARTS) is 1. The molecule has 118 valence electrons. The van der Waals surface area contributed by atoms with E-state index >= 15 is 0 Å². The molecule has 1 atom stereocenters. The number of carboxylic acids is 1. The minimum Gasteiger partial charge on any atom is -0.481 e. The summed E-state index contributed by atoms with van der Waals surface area (Å²) in [6, 6.07) is 7.48. The van der Waals surface area contributed by atoms with E-state index in [-0.39, 0.29) is 17.2 Å². The number of carbonyl (C=O) groups excluding carboxylic acids is 1. The van der Waals surface area contributed by atoms with Crippen LogP contribution in [-0.2, 0) is 16.1 Å². The molecule has 22 heavy (non-hydrogen) atoms. The monoisotopic (exact) mass is 303 g/mol. The van der Waals surface area contributed by atoms with Crippen LogP contribution in [0.5, 0.6) is 0 Å². The van der Waals surface area contributed by atoms with Gasteiger partial charge in [-0.05, 0) is 42.4 Å². The molecule has 0 radical (unpaired) electrons. The number of aliphatic carboxylic acids is 1. The third-order valence-electron chi connectivity index (χ3n) is 5.05. The third-order valence-corrected chi connectivity index (χ3v) is 5.05. The van der Waals surface area contributed by atoms with Crippen molar-refractivity contribution in [3.8, 4) is 0 Å². The number of ether oxygens (including phenoxy) is 1. The van der Waals surface area contributed by atoms with Crippen LogP contribution in [-0.4, -0.2) is 42.1 Å². The van der Waals surface area contributed by atoms with E-state index in [2.05, 4.69) is 0 Å². The molecule has 0 bridgehead atoms. The molecule has 1 unspecified atom stereocenters. The number of likely N-dealkylation sites (tertiary alicyclic amines) is 1. The van der Waals surface area contributed by atoms with Gasteiger partial charge in [-0.1, -0.05) is 12.1 Å². The zero-order valence-electron chi connectivity index (χ0n) is 12.7. The first-order valence-electron chi connectivity index (χ1n) is 7.66. The van der Waals surface area contributed by atoms with Gasteiger partial charge in [0.05, 0.1) is 12.5 Å². The molecule has 1 amide bonds. The van der Waals surface area contributed by atoms with Crippen molar-refractivity contribution in [1.29, 1.82) is 0 Å². The van der Waals surface area contributed by atoms with Crippen LogP contribution in [0.2, 0.25) is 0 Å². The molecule has 5 heteroatoms. The molecule has 1 heterocycles. The maximum Gasteiger partial charge on any atom is 0.307 e. The first kappa shape index (κ1) is 15.0. The molecule has 3 rings (SSSR count). The number of rotatable bonds is 4. The van der Waals surface area contributed by atoms with Crippen LogP contribution in [0.15, 0.2) is 24.3 Å². The number of hydrogen-bond acceptors (Lipinski definition) is 3. The Kier molecular flexibility index (Phi) is 3.91. The molecule has 1 saturated heterocycles. The number of piperidine rings is 1. The fraction of sp³-hybridized carbons (Fsp3) is 0.529. The summed E-state index contributed by atoms with van der Waals surface area (Å²) in [6.07, 6.45) is 2.38. The Hall–Kier alpha value is -1.88. The first-order chi connectivity index (χ1) is 10.6. The predicted octanol–water partition coefficient (Wildman–Crippen LogP) is 2.16. The van der Waals surface area contributed by atoms with E-state index in [4.69, 9.17) is 9.84 Å². The van der Waals surface area contributed by atoms with E-state index in [0.29, 0.717) is 25.3 Å². The zero-order chi connectivity index (χ0) is 15.7. The van der Waals surface area contributed by atoms with Crippen LogP contribution in [0.3, 0.4) is 0 Å². The van der Waals surface area contributed by atoms with Crippen molar-refractivity contribution in [1.82, 2.24) is 4.90 Å². The summed E-state index contributed by atoms with van der Waals surface area (Å²) < 4.78 is 5.06. The Morgan fingerprint density at radius 3 is 2.41 bits per heavy atom. The minimum atomic E-state index is -0.687. The van der Waals surface area contributed by atoms with Crippen molar-refractivity contribution in [2.45, 2.75) is 25.9 Å². The van der Waals surface area contributed by atoms with Gasteiger partial charge in [-0.3, -0.25) is 9.59 Å². The predicted molar refractivity (Wildman–Crippen MR) is 80.5 cm³/mol. The molecular formula is C17H21NO4. The summed E-state index contributed by atoms with van der Waals surface area (Å²) in [5, 5.41) is 9.10. The van der Waals surface area contributed by atoms with Gasteiger partial charge in [-0.15, -0.1) is 0 Å². The van der Waals surface area contributed by atoms with Crippen molar-refractivity contribution in [2.75, 3.05) is 20.2 Å². The van der Waals surface area contributed by atoms with Crippen molar-refractivity contribution >= 4 is 11.9 Å². The number of benzene rings is 1. The summed E-state index contributed by atoms with van der Waals surface area (Å²) in [6.45, 7) is 1.85. The van der Waals surface area contributed by atoms with Crippen molar-refractivity contribution in [3.63, 3.8) is 0 Å². The van der Waals surface area contributed by atoms with Crippen molar-refractivity contribution in [3.05, 3.63) is 35.4 Å². The molecular weight excluding hydrogens is 282 g/mol. The molecule has 1 saturated carbocycles. The molecule has 5 nitrogen and oxygen atoms in total. The highest BCUT2D eigenvalue weighted by Gasteiger charge is 2.59. The standard InChI is InChI=1S/C17H21NO4/c1-22-11-12-2-4-13(5-3-12)15(19)18-8-6-17(7-9-18)10-14(17)16(20)21/h2-5,14H,6-11H2,1H3,(H,20,21). The third kappa shape index (κ3) is 2.73. The smallest absolute Gasteiger partial charge is 0.307 e. The molecule has 1 N–H and O–H groups in total. The second-order valence-corrected chi connectivity index (χ2v) is 6.38. The molecule has 2 aliphatic rings. The van der Waals surface area contributed by atoms with Crippen molar-refractivity contribution < 1.29 is 19.4 Å². The lowest BCUT2D eigenvalue weighted by Crippen LogP contribution is -2.40. The number of methoxy groups -OCH3 is 1. The van der Waals surface area contributed by atoms with Crippen LogP contribution in [0.1, 0.15) is 35.2 Å². The molecule has 0 aromatic heterocycles. The van der Waals surface area contributed by atoms with Crippen LogP contribution in [0.25, 0.3) is 0 Å². The Morgan fingerprint density at radius 2 is 1.91 bits per heavy atom. The first-order valence-corrected chi connectivity index (χ1v) is 7.66. The van der Waals surface area contributed by atoms with E-state index < -0.39 is 5.97 Å². The van der Waals surface area contributed by atoms with Gasteiger partial charge in [0, 0.05) is 25.8 Å². The topological polar surface area (TPSA) is 66.8 Å². The molecule has 2 fully saturated rings. The van der Waals surface area contributed by atoms with Crippen molar-refractivity contribution in [2.24, 2.45) is 11.3 Å². The van der Waals surface area contributed by atoms with Gasteiger partial charge in [0.1, 0.15) is 0 Å². The highest BCUT2D eigenvalue weighted by Crippen LogP contribution is 2.59. The number of nitrogens with zero attached hydrogens (tertiary/aromatic N) is 1. The van der Waals surface area contributed by atoms with Gasteiger partial charge in [-0.2, -0.15) is 0 Å². The van der Waals surface area contributed by atoms with Gasteiger partial charge in [0.15, 0.2) is 0 Å². The molecule has 1 aromatic carbocycles. The minimum absolute atomic E-state index is 0.0336. The Morgan fingerprint density at radius 1 is 1.27 bits per heavy atom. The zero-order valence-corrected chi connectivity index (χ0v) is 12.7. The number of hydrogen-bond donors (Lipinski definition) is 1. The van der Waals surface area contributed by atoms with Gasteiger partial charge < -0.3 is 14.7 Å². The average molecular weight is 303 g/mol. The Balaban J connectivity index is 1.59. The van der Waals surface area contributed by atoms with E-state index in [1.54, 1.807) is 7.11 Å². The van der Waals surface area contributed by atoms with E-state index in [1.165, 1.54) is 0 Å². The summed E-state index contributed by atoms with van der Waals surface area (Å²) in [4.78, 5) is 25.4. The summed E-state index contributed by atoms with van der Waals surface area (Å²) in [7, 11) is 1.64. The fourth-order valence-corrected chi connectivity index (χ4v) is 3.50. The van der Waals surface area contributed by atoms with Gasteiger partial charge in [0.25, 0.3) is 5.91 Å². The molecule has 1 spiro atoms. The van der Waals surface area contributed by atoms with E-state index in [9.17, 15) is 9.59 Å². The lowest BCUT2D eigenvalue weighted by Gasteiger charge is -2.32. The second-order valence-electron chi connectivity index (χ2n) is 6.38. The Labute approximate surface area is 129 Å².